The van der Waals surface area contributed by atoms with Gasteiger partial charge < -0.3 is 10.4 Å². The zero-order valence-corrected chi connectivity index (χ0v) is 11.3. The Kier molecular flexibility index (Phi) is 3.37. The molecular weight excluding hydrogens is 270 g/mol. The summed E-state index contributed by atoms with van der Waals surface area (Å²) in [6.07, 6.45) is 3.07. The molecular formula is C11H18BrN3O. The molecule has 1 aliphatic carbocycles. The van der Waals surface area contributed by atoms with Crippen molar-refractivity contribution in [2.45, 2.75) is 38.3 Å². The highest BCUT2D eigenvalue weighted by Crippen LogP contribution is 2.35. The third kappa shape index (κ3) is 2.17. The molecule has 1 aliphatic rings. The third-order valence-corrected chi connectivity index (χ3v) is 4.21. The molecule has 90 valence electrons. The maximum absolute atomic E-state index is 9.23. The van der Waals surface area contributed by atoms with Crippen LogP contribution >= 0.6 is 15.9 Å². The summed E-state index contributed by atoms with van der Waals surface area (Å²) in [5.41, 5.74) is 2.22. The smallest absolute Gasteiger partial charge is 0.0767 e. The standard InChI is InChI=1S/C11H18BrN3O/c1-3-8-10(12)9(15(2)14-8)6-13-11(7-16)4-5-11/h13,16H,3-7H2,1-2H3. The van der Waals surface area contributed by atoms with Crippen LogP contribution in [-0.4, -0.2) is 27.0 Å². The predicted molar refractivity (Wildman–Crippen MR) is 66.2 cm³/mol. The van der Waals surface area contributed by atoms with E-state index in [1.807, 2.05) is 11.7 Å². The molecule has 0 saturated heterocycles. The maximum atomic E-state index is 9.23. The molecule has 1 saturated carbocycles. The Labute approximate surface area is 104 Å². The highest BCUT2D eigenvalue weighted by atomic mass is 79.9. The number of rotatable bonds is 5. The summed E-state index contributed by atoms with van der Waals surface area (Å²) in [4.78, 5) is 0. The van der Waals surface area contributed by atoms with E-state index in [-0.39, 0.29) is 12.1 Å². The monoisotopic (exact) mass is 287 g/mol. The van der Waals surface area contributed by atoms with Gasteiger partial charge in [-0.25, -0.2) is 0 Å². The van der Waals surface area contributed by atoms with Crippen molar-refractivity contribution in [2.24, 2.45) is 7.05 Å². The molecule has 1 heterocycles. The molecule has 0 aromatic carbocycles. The summed E-state index contributed by atoms with van der Waals surface area (Å²) in [6.45, 7) is 3.08. The fourth-order valence-corrected chi connectivity index (χ4v) is 2.58. The van der Waals surface area contributed by atoms with Crippen LogP contribution < -0.4 is 5.32 Å². The van der Waals surface area contributed by atoms with Crippen LogP contribution in [0.1, 0.15) is 31.2 Å². The van der Waals surface area contributed by atoms with Crippen LogP contribution in [0.2, 0.25) is 0 Å². The van der Waals surface area contributed by atoms with Crippen LogP contribution in [-0.2, 0) is 20.0 Å². The molecule has 0 unspecified atom stereocenters. The van der Waals surface area contributed by atoms with Crippen LogP contribution in [0.25, 0.3) is 0 Å². The fraction of sp³-hybridized carbons (Fsp3) is 0.727. The van der Waals surface area contributed by atoms with E-state index in [1.54, 1.807) is 0 Å². The van der Waals surface area contributed by atoms with E-state index in [9.17, 15) is 5.11 Å². The molecule has 1 fully saturated rings. The Balaban J connectivity index is 2.06. The lowest BCUT2D eigenvalue weighted by molar-refractivity contribution is 0.229. The summed E-state index contributed by atoms with van der Waals surface area (Å²) in [5, 5.41) is 17.1. The van der Waals surface area contributed by atoms with Crippen LogP contribution in [0.15, 0.2) is 4.47 Å². The summed E-state index contributed by atoms with van der Waals surface area (Å²) in [7, 11) is 1.96. The van der Waals surface area contributed by atoms with E-state index in [4.69, 9.17) is 0 Å². The van der Waals surface area contributed by atoms with Crippen LogP contribution in [0.4, 0.5) is 0 Å². The molecule has 0 radical (unpaired) electrons. The van der Waals surface area contributed by atoms with Gasteiger partial charge in [-0.15, -0.1) is 0 Å². The largest absolute Gasteiger partial charge is 0.394 e. The quantitative estimate of drug-likeness (QED) is 0.860. The first-order chi connectivity index (χ1) is 7.62. The minimum Gasteiger partial charge on any atom is -0.394 e. The van der Waals surface area contributed by atoms with Gasteiger partial charge in [0.2, 0.25) is 0 Å². The van der Waals surface area contributed by atoms with Gasteiger partial charge in [-0.05, 0) is 35.2 Å². The number of aliphatic hydroxyl groups excluding tert-OH is 1. The number of hydrogen-bond donors (Lipinski definition) is 2. The van der Waals surface area contributed by atoms with Crippen molar-refractivity contribution in [2.75, 3.05) is 6.61 Å². The minimum absolute atomic E-state index is 0.0178. The average Bonchev–Trinajstić information content (AvgIpc) is 3.01. The highest BCUT2D eigenvalue weighted by Gasteiger charge is 2.41. The maximum Gasteiger partial charge on any atom is 0.0767 e. The van der Waals surface area contributed by atoms with E-state index < -0.39 is 0 Å². The molecule has 4 nitrogen and oxygen atoms in total. The van der Waals surface area contributed by atoms with Gasteiger partial charge >= 0.3 is 0 Å². The minimum atomic E-state index is -0.0178. The number of nitrogens with one attached hydrogen (secondary N) is 1. The van der Waals surface area contributed by atoms with E-state index in [2.05, 4.69) is 33.3 Å². The Morgan fingerprint density at radius 2 is 2.25 bits per heavy atom. The van der Waals surface area contributed by atoms with E-state index in [1.165, 1.54) is 0 Å². The number of aliphatic hydroxyl groups is 1. The van der Waals surface area contributed by atoms with Gasteiger partial charge in [-0.1, -0.05) is 6.92 Å². The lowest BCUT2D eigenvalue weighted by atomic mass is 10.2. The van der Waals surface area contributed by atoms with Crippen molar-refractivity contribution in [3.05, 3.63) is 15.9 Å². The van der Waals surface area contributed by atoms with Crippen molar-refractivity contribution >= 4 is 15.9 Å². The molecule has 2 N–H and O–H groups in total. The van der Waals surface area contributed by atoms with Gasteiger partial charge in [-0.3, -0.25) is 4.68 Å². The van der Waals surface area contributed by atoms with Crippen molar-refractivity contribution in [3.63, 3.8) is 0 Å². The van der Waals surface area contributed by atoms with Crippen molar-refractivity contribution < 1.29 is 5.11 Å². The Hall–Kier alpha value is -0.390. The van der Waals surface area contributed by atoms with E-state index in [0.29, 0.717) is 0 Å². The number of aryl methyl sites for hydroxylation is 2. The number of halogens is 1. The van der Waals surface area contributed by atoms with Gasteiger partial charge in [0, 0.05) is 19.1 Å². The molecule has 16 heavy (non-hydrogen) atoms. The second-order valence-corrected chi connectivity index (χ2v) is 5.27. The van der Waals surface area contributed by atoms with Gasteiger partial charge in [0.1, 0.15) is 0 Å². The zero-order chi connectivity index (χ0) is 11.8. The Morgan fingerprint density at radius 3 is 2.69 bits per heavy atom. The highest BCUT2D eigenvalue weighted by molar-refractivity contribution is 9.10. The van der Waals surface area contributed by atoms with Crippen LogP contribution in [0.3, 0.4) is 0 Å². The predicted octanol–water partition coefficient (Wildman–Crippen LogP) is 1.36. The summed E-state index contributed by atoms with van der Waals surface area (Å²) in [5.74, 6) is 0. The molecule has 5 heteroatoms. The summed E-state index contributed by atoms with van der Waals surface area (Å²) >= 11 is 3.59. The Bertz CT molecular complexity index is 385. The number of nitrogens with zero attached hydrogens (tertiary/aromatic N) is 2. The average molecular weight is 288 g/mol. The number of hydrogen-bond acceptors (Lipinski definition) is 3. The van der Waals surface area contributed by atoms with Crippen molar-refractivity contribution in [3.8, 4) is 0 Å². The molecule has 0 amide bonds. The first kappa shape index (κ1) is 12.1. The first-order valence-electron chi connectivity index (χ1n) is 5.68. The van der Waals surface area contributed by atoms with E-state index >= 15 is 0 Å². The topological polar surface area (TPSA) is 50.1 Å². The lowest BCUT2D eigenvalue weighted by Gasteiger charge is -2.14. The summed E-state index contributed by atoms with van der Waals surface area (Å²) < 4.78 is 3.00. The molecule has 1 aromatic heterocycles. The normalized spacial score (nSPS) is 17.8. The lowest BCUT2D eigenvalue weighted by Crippen LogP contribution is -2.34. The first-order valence-corrected chi connectivity index (χ1v) is 6.47. The van der Waals surface area contributed by atoms with E-state index in [0.717, 1.165) is 41.7 Å². The molecule has 1 aromatic rings. The summed E-state index contributed by atoms with van der Waals surface area (Å²) in [6, 6.07) is 0. The zero-order valence-electron chi connectivity index (χ0n) is 9.76. The van der Waals surface area contributed by atoms with Crippen LogP contribution in [0.5, 0.6) is 0 Å². The molecule has 0 bridgehead atoms. The fourth-order valence-electron chi connectivity index (χ4n) is 1.82. The SMILES string of the molecule is CCc1nn(C)c(CNC2(CO)CC2)c1Br. The van der Waals surface area contributed by atoms with Crippen LogP contribution in [0, 0.1) is 0 Å². The number of aromatic nitrogens is 2. The van der Waals surface area contributed by atoms with Gasteiger partial charge in [-0.2, -0.15) is 5.10 Å². The Morgan fingerprint density at radius 1 is 1.56 bits per heavy atom. The van der Waals surface area contributed by atoms with Gasteiger partial charge in [0.25, 0.3) is 0 Å². The molecule has 0 atom stereocenters. The molecule has 2 rings (SSSR count). The van der Waals surface area contributed by atoms with Crippen molar-refractivity contribution in [1.29, 1.82) is 0 Å². The molecule has 0 aliphatic heterocycles. The third-order valence-electron chi connectivity index (χ3n) is 3.29. The van der Waals surface area contributed by atoms with Gasteiger partial charge in [0.15, 0.2) is 0 Å². The van der Waals surface area contributed by atoms with Gasteiger partial charge in [0.05, 0.1) is 22.5 Å². The second-order valence-electron chi connectivity index (χ2n) is 4.48. The second kappa shape index (κ2) is 4.47. The molecule has 0 spiro atoms. The van der Waals surface area contributed by atoms with Crippen molar-refractivity contribution in [1.82, 2.24) is 15.1 Å².